The van der Waals surface area contributed by atoms with Crippen LogP contribution < -0.4 is 10.6 Å². The summed E-state index contributed by atoms with van der Waals surface area (Å²) < 4.78 is 0. The Balaban J connectivity index is 1.89. The molecule has 0 aliphatic rings. The molecule has 2 rings (SSSR count). The number of halogens is 2. The van der Waals surface area contributed by atoms with E-state index in [0.717, 1.165) is 0 Å². The van der Waals surface area contributed by atoms with Crippen LogP contribution in [0.25, 0.3) is 0 Å². The van der Waals surface area contributed by atoms with Gasteiger partial charge in [0.05, 0.1) is 15.0 Å². The van der Waals surface area contributed by atoms with E-state index >= 15 is 0 Å². The summed E-state index contributed by atoms with van der Waals surface area (Å²) in [4.78, 5) is 14.5. The molecule has 0 saturated carbocycles. The Kier molecular flexibility index (Phi) is 5.19. The van der Waals surface area contributed by atoms with Crippen molar-refractivity contribution in [1.29, 1.82) is 0 Å². The van der Waals surface area contributed by atoms with Crippen molar-refractivity contribution >= 4 is 40.4 Å². The lowest BCUT2D eigenvalue weighted by atomic mass is 10.2. The molecule has 0 spiro atoms. The largest absolute Gasteiger partial charge is 0.378 e. The molecule has 0 amide bonds. The molecule has 8 heteroatoms. The standard InChI is InChI=1S/C13H12Cl2N4O2/c14-9-7-10(15)13(18-8-9)17-6-5-16-11-3-1-2-4-12(11)19(20)21/h1-4,7-8,16H,5-6H2,(H,17,18). The number of benzene rings is 1. The number of nitro groups is 1. The Bertz CT molecular complexity index is 652. The van der Waals surface area contributed by atoms with Gasteiger partial charge in [0, 0.05) is 25.4 Å². The zero-order chi connectivity index (χ0) is 15.2. The summed E-state index contributed by atoms with van der Waals surface area (Å²) in [6.07, 6.45) is 1.49. The fourth-order valence-corrected chi connectivity index (χ4v) is 2.15. The molecule has 1 aromatic carbocycles. The van der Waals surface area contributed by atoms with E-state index in [1.807, 2.05) is 0 Å². The topological polar surface area (TPSA) is 80.1 Å². The van der Waals surface area contributed by atoms with E-state index in [2.05, 4.69) is 15.6 Å². The van der Waals surface area contributed by atoms with E-state index in [1.165, 1.54) is 12.3 Å². The summed E-state index contributed by atoms with van der Waals surface area (Å²) in [5.74, 6) is 0.519. The SMILES string of the molecule is O=[N+]([O-])c1ccccc1NCCNc1ncc(Cl)cc1Cl. The van der Waals surface area contributed by atoms with E-state index in [-0.39, 0.29) is 5.69 Å². The van der Waals surface area contributed by atoms with Crippen LogP contribution in [0.3, 0.4) is 0 Å². The first-order chi connectivity index (χ1) is 10.1. The van der Waals surface area contributed by atoms with Crippen LogP contribution in [0.2, 0.25) is 10.0 Å². The smallest absolute Gasteiger partial charge is 0.292 e. The number of aromatic nitrogens is 1. The normalized spacial score (nSPS) is 10.2. The van der Waals surface area contributed by atoms with Gasteiger partial charge in [-0.25, -0.2) is 4.98 Å². The summed E-state index contributed by atoms with van der Waals surface area (Å²) >= 11 is 11.7. The molecule has 0 unspecified atom stereocenters. The summed E-state index contributed by atoms with van der Waals surface area (Å²) in [6.45, 7) is 0.978. The minimum absolute atomic E-state index is 0.0418. The number of pyridine rings is 1. The summed E-state index contributed by atoms with van der Waals surface area (Å²) in [5.41, 5.74) is 0.514. The molecular formula is C13H12Cl2N4O2. The Hall–Kier alpha value is -2.05. The molecule has 1 aromatic heterocycles. The van der Waals surface area contributed by atoms with Gasteiger partial charge in [0.2, 0.25) is 0 Å². The highest BCUT2D eigenvalue weighted by Gasteiger charge is 2.11. The first-order valence-electron chi connectivity index (χ1n) is 6.10. The summed E-state index contributed by atoms with van der Waals surface area (Å²) in [7, 11) is 0. The molecule has 0 atom stereocenters. The second-order valence-electron chi connectivity index (χ2n) is 4.11. The van der Waals surface area contributed by atoms with Crippen molar-refractivity contribution in [1.82, 2.24) is 4.98 Å². The van der Waals surface area contributed by atoms with Crippen molar-refractivity contribution in [2.45, 2.75) is 0 Å². The highest BCUT2D eigenvalue weighted by Crippen LogP contribution is 2.23. The zero-order valence-corrected chi connectivity index (χ0v) is 12.4. The van der Waals surface area contributed by atoms with Crippen molar-refractivity contribution in [3.63, 3.8) is 0 Å². The van der Waals surface area contributed by atoms with Crippen LogP contribution >= 0.6 is 23.2 Å². The molecule has 21 heavy (non-hydrogen) atoms. The van der Waals surface area contributed by atoms with Crippen molar-refractivity contribution in [3.05, 3.63) is 56.7 Å². The number of hydrogen-bond acceptors (Lipinski definition) is 5. The first-order valence-corrected chi connectivity index (χ1v) is 6.85. The summed E-state index contributed by atoms with van der Waals surface area (Å²) in [5, 5.41) is 17.8. The second kappa shape index (κ2) is 7.10. The molecule has 6 nitrogen and oxygen atoms in total. The second-order valence-corrected chi connectivity index (χ2v) is 4.96. The lowest BCUT2D eigenvalue weighted by molar-refractivity contribution is -0.384. The van der Waals surface area contributed by atoms with E-state index in [1.54, 1.807) is 24.3 Å². The molecule has 110 valence electrons. The number of nitrogens with one attached hydrogen (secondary N) is 2. The van der Waals surface area contributed by atoms with Crippen molar-refractivity contribution in [2.75, 3.05) is 23.7 Å². The molecule has 2 aromatic rings. The third-order valence-corrected chi connectivity index (χ3v) is 3.14. The number of para-hydroxylation sites is 2. The van der Waals surface area contributed by atoms with E-state index in [0.29, 0.717) is 34.6 Å². The maximum Gasteiger partial charge on any atom is 0.292 e. The van der Waals surface area contributed by atoms with Gasteiger partial charge in [-0.3, -0.25) is 10.1 Å². The lowest BCUT2D eigenvalue weighted by Crippen LogP contribution is -2.15. The van der Waals surface area contributed by atoms with Crippen LogP contribution in [0.15, 0.2) is 36.5 Å². The Morgan fingerprint density at radius 3 is 2.62 bits per heavy atom. The minimum Gasteiger partial charge on any atom is -0.378 e. The monoisotopic (exact) mass is 326 g/mol. The van der Waals surface area contributed by atoms with Gasteiger partial charge in [0.1, 0.15) is 11.5 Å². The molecule has 2 N–H and O–H groups in total. The van der Waals surface area contributed by atoms with Gasteiger partial charge < -0.3 is 10.6 Å². The Morgan fingerprint density at radius 1 is 1.19 bits per heavy atom. The molecule has 0 radical (unpaired) electrons. The van der Waals surface area contributed by atoms with Crippen LogP contribution in [0.4, 0.5) is 17.2 Å². The predicted octanol–water partition coefficient (Wildman–Crippen LogP) is 3.82. The van der Waals surface area contributed by atoms with Crippen molar-refractivity contribution in [2.24, 2.45) is 0 Å². The number of rotatable bonds is 6. The van der Waals surface area contributed by atoms with Gasteiger partial charge in [0.25, 0.3) is 5.69 Å². The van der Waals surface area contributed by atoms with Gasteiger partial charge >= 0.3 is 0 Å². The van der Waals surface area contributed by atoms with Gasteiger partial charge in [-0.1, -0.05) is 35.3 Å². The Labute approximate surface area is 131 Å². The van der Waals surface area contributed by atoms with Crippen LogP contribution in [-0.4, -0.2) is 23.0 Å². The number of hydrogen-bond donors (Lipinski definition) is 2. The maximum atomic E-state index is 10.9. The molecule has 0 bridgehead atoms. The average molecular weight is 327 g/mol. The van der Waals surface area contributed by atoms with Gasteiger partial charge in [-0.2, -0.15) is 0 Å². The van der Waals surface area contributed by atoms with Gasteiger partial charge in [-0.05, 0) is 12.1 Å². The lowest BCUT2D eigenvalue weighted by Gasteiger charge is -2.09. The predicted molar refractivity (Wildman–Crippen MR) is 84.3 cm³/mol. The molecule has 0 fully saturated rings. The summed E-state index contributed by atoms with van der Waals surface area (Å²) in [6, 6.07) is 8.06. The molecule has 1 heterocycles. The van der Waals surface area contributed by atoms with Crippen LogP contribution in [0.1, 0.15) is 0 Å². The average Bonchev–Trinajstić information content (AvgIpc) is 2.45. The van der Waals surface area contributed by atoms with Crippen LogP contribution in [-0.2, 0) is 0 Å². The van der Waals surface area contributed by atoms with Crippen molar-refractivity contribution < 1.29 is 4.92 Å². The third-order valence-electron chi connectivity index (χ3n) is 2.64. The fourth-order valence-electron chi connectivity index (χ4n) is 1.71. The molecule has 0 saturated heterocycles. The van der Waals surface area contributed by atoms with Crippen molar-refractivity contribution in [3.8, 4) is 0 Å². The highest BCUT2D eigenvalue weighted by atomic mass is 35.5. The Morgan fingerprint density at radius 2 is 1.90 bits per heavy atom. The van der Waals surface area contributed by atoms with Crippen LogP contribution in [0, 0.1) is 10.1 Å². The van der Waals surface area contributed by atoms with E-state index < -0.39 is 4.92 Å². The molecule has 0 aliphatic carbocycles. The van der Waals surface area contributed by atoms with Crippen LogP contribution in [0.5, 0.6) is 0 Å². The molecular weight excluding hydrogens is 315 g/mol. The fraction of sp³-hybridized carbons (Fsp3) is 0.154. The zero-order valence-electron chi connectivity index (χ0n) is 10.8. The minimum atomic E-state index is -0.423. The number of anilines is 2. The highest BCUT2D eigenvalue weighted by molar-refractivity contribution is 6.35. The first kappa shape index (κ1) is 15.3. The van der Waals surface area contributed by atoms with E-state index in [9.17, 15) is 10.1 Å². The van der Waals surface area contributed by atoms with Gasteiger partial charge in [-0.15, -0.1) is 0 Å². The quantitative estimate of drug-likeness (QED) is 0.479. The van der Waals surface area contributed by atoms with Gasteiger partial charge in [0.15, 0.2) is 0 Å². The number of nitro benzene ring substituents is 1. The maximum absolute atomic E-state index is 10.9. The third kappa shape index (κ3) is 4.21. The van der Waals surface area contributed by atoms with E-state index in [4.69, 9.17) is 23.2 Å². The number of nitrogens with zero attached hydrogens (tertiary/aromatic N) is 2. The molecule has 0 aliphatic heterocycles.